The smallest absolute Gasteiger partial charge is 0.252 e. The lowest BCUT2D eigenvalue weighted by molar-refractivity contribution is 0.469. The van der Waals surface area contributed by atoms with Gasteiger partial charge in [0.2, 0.25) is 0 Å². The van der Waals surface area contributed by atoms with Crippen molar-refractivity contribution in [2.45, 2.75) is 105 Å². The van der Waals surface area contributed by atoms with E-state index in [1.54, 1.807) is 0 Å². The molecular weight excluding hydrogens is 846 g/mol. The van der Waals surface area contributed by atoms with E-state index in [2.05, 4.69) is 190 Å². The molecule has 5 heterocycles. The molecule has 0 saturated carbocycles. The van der Waals surface area contributed by atoms with Gasteiger partial charge in [-0.15, -0.1) is 0 Å². The number of ether oxygens (including phenoxy) is 2. The fraction of sp³-hybridized carbons (Fsp3) is 0.262. The summed E-state index contributed by atoms with van der Waals surface area (Å²) in [5, 5.41) is 0. The Morgan fingerprint density at radius 3 is 1.10 bits per heavy atom. The van der Waals surface area contributed by atoms with Crippen molar-refractivity contribution in [2.75, 3.05) is 9.80 Å². The van der Waals surface area contributed by atoms with Crippen LogP contribution in [0, 0.1) is 0 Å². The monoisotopic (exact) mass is 903 g/mol. The molecule has 0 fully saturated rings. The van der Waals surface area contributed by atoms with E-state index in [1.165, 1.54) is 38.6 Å². The van der Waals surface area contributed by atoms with Crippen LogP contribution >= 0.6 is 0 Å². The molecule has 12 rings (SSSR count). The van der Waals surface area contributed by atoms with Crippen molar-refractivity contribution in [1.29, 1.82) is 0 Å². The van der Waals surface area contributed by atoms with Gasteiger partial charge in [0.25, 0.3) is 6.71 Å². The average Bonchev–Trinajstić information content (AvgIpc) is 3.31. The Morgan fingerprint density at radius 2 is 0.725 bits per heavy atom. The van der Waals surface area contributed by atoms with Crippen molar-refractivity contribution in [1.82, 2.24) is 15.0 Å². The van der Waals surface area contributed by atoms with Crippen LogP contribution < -0.4 is 35.7 Å². The summed E-state index contributed by atoms with van der Waals surface area (Å²) in [6, 6.07) is 48.1. The van der Waals surface area contributed by atoms with Crippen molar-refractivity contribution in [3.05, 3.63) is 156 Å². The van der Waals surface area contributed by atoms with E-state index >= 15 is 0 Å². The zero-order valence-corrected chi connectivity index (χ0v) is 41.8. The molecular formula is C61H58BN5O2. The highest BCUT2D eigenvalue weighted by molar-refractivity contribution is 7.00. The number of anilines is 6. The molecule has 0 atom stereocenters. The van der Waals surface area contributed by atoms with Crippen LogP contribution in [0.15, 0.2) is 133 Å². The summed E-state index contributed by atoms with van der Waals surface area (Å²) < 4.78 is 14.4. The first-order valence-electron chi connectivity index (χ1n) is 24.4. The highest BCUT2D eigenvalue weighted by Gasteiger charge is 2.49. The molecule has 0 spiro atoms. The maximum absolute atomic E-state index is 7.21. The Morgan fingerprint density at radius 1 is 0.362 bits per heavy atom. The summed E-state index contributed by atoms with van der Waals surface area (Å²) in [4.78, 5) is 20.8. The summed E-state index contributed by atoms with van der Waals surface area (Å²) in [6.45, 7) is 27.2. The van der Waals surface area contributed by atoms with Gasteiger partial charge in [-0.1, -0.05) is 168 Å². The lowest BCUT2D eigenvalue weighted by atomic mass is 9.33. The van der Waals surface area contributed by atoms with Crippen molar-refractivity contribution < 1.29 is 9.47 Å². The number of hydrogen-bond donors (Lipinski definition) is 0. The molecule has 7 nitrogen and oxygen atoms in total. The predicted octanol–water partition coefficient (Wildman–Crippen LogP) is 14.4. The van der Waals surface area contributed by atoms with Crippen LogP contribution in [0.25, 0.3) is 34.2 Å². The van der Waals surface area contributed by atoms with Gasteiger partial charge in [-0.2, -0.15) is 0 Å². The molecule has 0 bridgehead atoms. The van der Waals surface area contributed by atoms with Crippen molar-refractivity contribution >= 4 is 57.2 Å². The van der Waals surface area contributed by atoms with Gasteiger partial charge < -0.3 is 19.3 Å². The molecule has 0 N–H and O–H groups in total. The second-order valence-electron chi connectivity index (χ2n) is 23.5. The summed E-state index contributed by atoms with van der Waals surface area (Å²) >= 11 is 0. The Kier molecular flexibility index (Phi) is 9.16. The molecule has 0 radical (unpaired) electrons. The summed E-state index contributed by atoms with van der Waals surface area (Å²) in [7, 11) is 0. The molecule has 0 amide bonds. The predicted molar refractivity (Wildman–Crippen MR) is 285 cm³/mol. The summed E-state index contributed by atoms with van der Waals surface area (Å²) in [6.07, 6.45) is 0. The molecule has 69 heavy (non-hydrogen) atoms. The second-order valence-corrected chi connectivity index (χ2v) is 23.5. The highest BCUT2D eigenvalue weighted by Crippen LogP contribution is 2.58. The van der Waals surface area contributed by atoms with Crippen LogP contribution in [0.2, 0.25) is 0 Å². The Bertz CT molecular complexity index is 3230. The van der Waals surface area contributed by atoms with E-state index in [0.29, 0.717) is 17.5 Å². The van der Waals surface area contributed by atoms with Gasteiger partial charge in [0.05, 0.1) is 22.7 Å². The topological polar surface area (TPSA) is 63.6 Å². The molecule has 0 saturated heterocycles. The number of fused-ring (bicyclic) bond motifs is 8. The molecule has 1 aromatic heterocycles. The van der Waals surface area contributed by atoms with Gasteiger partial charge in [0.15, 0.2) is 40.5 Å². The third kappa shape index (κ3) is 6.88. The first kappa shape index (κ1) is 43.1. The first-order valence-corrected chi connectivity index (χ1v) is 24.4. The summed E-state index contributed by atoms with van der Waals surface area (Å²) in [5.74, 6) is 5.20. The molecule has 8 heteroatoms. The molecule has 0 unspecified atom stereocenters. The SMILES string of the molecule is CC(C)(C)c1ccc2c(c1)Oc1cc(C(C)(C)C)cc3c1N2c1cc(-c2nc(-c4ccccc4)nc(-c4ccccc4)n2)cc2c1B3c1cc(C(C)(C)C)cc3c1N2c1ccc(C(C)(C)C)cc1O3. The van der Waals surface area contributed by atoms with E-state index in [4.69, 9.17) is 24.4 Å². The van der Waals surface area contributed by atoms with Gasteiger partial charge in [-0.05, 0) is 109 Å². The van der Waals surface area contributed by atoms with Crippen LogP contribution in [0.1, 0.15) is 105 Å². The van der Waals surface area contributed by atoms with Crippen LogP contribution in [0.3, 0.4) is 0 Å². The van der Waals surface area contributed by atoms with Gasteiger partial charge in [-0.25, -0.2) is 15.0 Å². The van der Waals surface area contributed by atoms with Gasteiger partial charge >= 0.3 is 0 Å². The number of rotatable bonds is 3. The Labute approximate surface area is 407 Å². The minimum absolute atomic E-state index is 0.0858. The molecule has 4 aliphatic heterocycles. The minimum Gasteiger partial charge on any atom is -0.453 e. The fourth-order valence-electron chi connectivity index (χ4n) is 10.5. The van der Waals surface area contributed by atoms with Gasteiger partial charge in [-0.3, -0.25) is 0 Å². The molecule has 8 aromatic rings. The van der Waals surface area contributed by atoms with E-state index in [9.17, 15) is 0 Å². The zero-order chi connectivity index (χ0) is 48.1. The van der Waals surface area contributed by atoms with Gasteiger partial charge in [0.1, 0.15) is 0 Å². The van der Waals surface area contributed by atoms with Crippen LogP contribution in [0.5, 0.6) is 23.0 Å². The maximum Gasteiger partial charge on any atom is 0.252 e. The van der Waals surface area contributed by atoms with Crippen molar-refractivity contribution in [3.63, 3.8) is 0 Å². The van der Waals surface area contributed by atoms with Crippen LogP contribution in [0.4, 0.5) is 34.1 Å². The quantitative estimate of drug-likeness (QED) is 0.164. The largest absolute Gasteiger partial charge is 0.453 e. The number of hydrogen-bond acceptors (Lipinski definition) is 7. The molecule has 7 aromatic carbocycles. The molecule has 342 valence electrons. The number of benzene rings is 7. The Balaban J connectivity index is 1.22. The average molecular weight is 904 g/mol. The lowest BCUT2D eigenvalue weighted by Crippen LogP contribution is -2.62. The standard InChI is InChI=1S/C61H58BN5O2/c1-58(2,3)38-23-25-44-48(31-38)68-50-33-40(60(7,8)9)29-42-53(50)66(44)46-27-37(57-64-55(35-19-15-13-16-20-35)63-56(65-57)36-21-17-14-18-22-36)28-47-52(46)62(42)43-30-41(61(10,11)12)34-51-54(43)67(47)45-26-24-39(59(4,5)6)32-49(45)69-51/h13-34H,1-12H3. The van der Waals surface area contributed by atoms with Crippen molar-refractivity contribution in [2.24, 2.45) is 0 Å². The van der Waals surface area contributed by atoms with E-state index in [1.807, 2.05) is 36.4 Å². The normalized spacial score (nSPS) is 14.2. The third-order valence-corrected chi connectivity index (χ3v) is 14.4. The van der Waals surface area contributed by atoms with E-state index in [0.717, 1.165) is 73.8 Å². The van der Waals surface area contributed by atoms with E-state index < -0.39 is 0 Å². The number of aromatic nitrogens is 3. The van der Waals surface area contributed by atoms with Gasteiger partial charge in [0, 0.05) is 28.1 Å². The van der Waals surface area contributed by atoms with Crippen molar-refractivity contribution in [3.8, 4) is 57.2 Å². The maximum atomic E-state index is 7.21. The lowest BCUT2D eigenvalue weighted by Gasteiger charge is -2.48. The first-order chi connectivity index (χ1) is 32.7. The Hall–Kier alpha value is -7.19. The summed E-state index contributed by atoms with van der Waals surface area (Å²) in [5.41, 5.74) is 17.0. The number of nitrogens with zero attached hydrogens (tertiary/aromatic N) is 5. The second kappa shape index (κ2) is 14.7. The van der Waals surface area contributed by atoms with Crippen LogP contribution in [-0.2, 0) is 21.7 Å². The zero-order valence-electron chi connectivity index (χ0n) is 41.8. The van der Waals surface area contributed by atoms with Crippen LogP contribution in [-0.4, -0.2) is 21.7 Å². The molecule has 4 aliphatic rings. The fourth-order valence-corrected chi connectivity index (χ4v) is 10.5. The molecule has 0 aliphatic carbocycles. The third-order valence-electron chi connectivity index (χ3n) is 14.4. The minimum atomic E-state index is -0.167. The van der Waals surface area contributed by atoms with E-state index in [-0.39, 0.29) is 28.4 Å². The highest BCUT2D eigenvalue weighted by atomic mass is 16.5.